The predicted octanol–water partition coefficient (Wildman–Crippen LogP) is 1.37. The summed E-state index contributed by atoms with van der Waals surface area (Å²) >= 11 is 0. The average molecular weight is 338 g/mol. The van der Waals surface area contributed by atoms with Crippen LogP contribution in [-0.2, 0) is 18.4 Å². The predicted molar refractivity (Wildman–Crippen MR) is 93.0 cm³/mol. The highest BCUT2D eigenvalue weighted by atomic mass is 16.5. The Hall–Kier alpha value is -3.35. The molecule has 0 radical (unpaired) electrons. The summed E-state index contributed by atoms with van der Waals surface area (Å²) in [6.07, 6.45) is 0. The standard InChI is InChI=1S/C18H18N4O3/c1-22-14-8-4-3-7-13(14)21-17(22)10-20-18(24)12-6-2-5-9-15(12)25-11-16(19)23/h2-9H,10-11H2,1H3,(H2,19,23)(H,20,24). The van der Waals surface area contributed by atoms with Crippen LogP contribution in [-0.4, -0.2) is 28.0 Å². The first-order valence-corrected chi connectivity index (χ1v) is 7.75. The van der Waals surface area contributed by atoms with Crippen LogP contribution in [0.3, 0.4) is 0 Å². The number of hydrogen-bond acceptors (Lipinski definition) is 4. The van der Waals surface area contributed by atoms with Gasteiger partial charge in [0.05, 0.1) is 23.1 Å². The Morgan fingerprint density at radius 2 is 1.88 bits per heavy atom. The zero-order chi connectivity index (χ0) is 17.8. The molecule has 25 heavy (non-hydrogen) atoms. The monoisotopic (exact) mass is 338 g/mol. The molecule has 0 atom stereocenters. The van der Waals surface area contributed by atoms with Gasteiger partial charge in [0.2, 0.25) is 0 Å². The first kappa shape index (κ1) is 16.5. The molecule has 0 fully saturated rings. The number of nitrogens with two attached hydrogens (primary N) is 1. The number of nitrogens with one attached hydrogen (secondary N) is 1. The average Bonchev–Trinajstić information content (AvgIpc) is 2.94. The number of rotatable bonds is 6. The van der Waals surface area contributed by atoms with Gasteiger partial charge in [-0.25, -0.2) is 4.98 Å². The molecule has 3 aromatic rings. The Bertz CT molecular complexity index is 933. The van der Waals surface area contributed by atoms with Gasteiger partial charge in [-0.2, -0.15) is 0 Å². The van der Waals surface area contributed by atoms with Gasteiger partial charge in [0.15, 0.2) is 6.61 Å². The quantitative estimate of drug-likeness (QED) is 0.709. The van der Waals surface area contributed by atoms with E-state index >= 15 is 0 Å². The Kier molecular flexibility index (Phi) is 4.65. The number of primary amides is 1. The molecule has 0 aliphatic rings. The summed E-state index contributed by atoms with van der Waals surface area (Å²) in [5.74, 6) is 0.135. The van der Waals surface area contributed by atoms with E-state index in [1.807, 2.05) is 35.9 Å². The van der Waals surface area contributed by atoms with Crippen molar-refractivity contribution in [2.24, 2.45) is 12.8 Å². The van der Waals surface area contributed by atoms with Gasteiger partial charge in [-0.05, 0) is 24.3 Å². The summed E-state index contributed by atoms with van der Waals surface area (Å²) in [5, 5.41) is 2.83. The molecule has 1 heterocycles. The lowest BCUT2D eigenvalue weighted by Crippen LogP contribution is -2.26. The van der Waals surface area contributed by atoms with Crippen LogP contribution in [0.2, 0.25) is 0 Å². The van der Waals surface area contributed by atoms with Crippen molar-refractivity contribution in [3.8, 4) is 5.75 Å². The van der Waals surface area contributed by atoms with E-state index < -0.39 is 5.91 Å². The van der Waals surface area contributed by atoms with Crippen molar-refractivity contribution >= 4 is 22.8 Å². The molecule has 0 aliphatic heterocycles. The highest BCUT2D eigenvalue weighted by Gasteiger charge is 2.14. The second-order valence-electron chi connectivity index (χ2n) is 5.51. The molecule has 0 spiro atoms. The molecule has 3 N–H and O–H groups in total. The summed E-state index contributed by atoms with van der Waals surface area (Å²) in [5.41, 5.74) is 7.29. The molecule has 2 aromatic carbocycles. The number of carbonyl (C=O) groups is 2. The molecule has 7 heteroatoms. The van der Waals surface area contributed by atoms with Gasteiger partial charge in [0.1, 0.15) is 11.6 Å². The van der Waals surface area contributed by atoms with E-state index in [0.717, 1.165) is 16.9 Å². The normalized spacial score (nSPS) is 10.6. The number of para-hydroxylation sites is 3. The zero-order valence-corrected chi connectivity index (χ0v) is 13.7. The van der Waals surface area contributed by atoms with Crippen LogP contribution in [0.4, 0.5) is 0 Å². The first-order valence-electron chi connectivity index (χ1n) is 7.75. The fraction of sp³-hybridized carbons (Fsp3) is 0.167. The number of ether oxygens (including phenoxy) is 1. The van der Waals surface area contributed by atoms with Crippen LogP contribution in [0.25, 0.3) is 11.0 Å². The van der Waals surface area contributed by atoms with Crippen LogP contribution < -0.4 is 15.8 Å². The van der Waals surface area contributed by atoms with Crippen molar-refractivity contribution in [1.82, 2.24) is 14.9 Å². The van der Waals surface area contributed by atoms with Crippen molar-refractivity contribution < 1.29 is 14.3 Å². The third-order valence-corrected chi connectivity index (χ3v) is 3.79. The SMILES string of the molecule is Cn1c(CNC(=O)c2ccccc2OCC(N)=O)nc2ccccc21. The number of imidazole rings is 1. The van der Waals surface area contributed by atoms with Gasteiger partial charge in [-0.15, -0.1) is 0 Å². The van der Waals surface area contributed by atoms with Crippen molar-refractivity contribution in [2.45, 2.75) is 6.54 Å². The van der Waals surface area contributed by atoms with Gasteiger partial charge >= 0.3 is 0 Å². The number of aryl methyl sites for hydroxylation is 1. The number of carbonyl (C=O) groups excluding carboxylic acids is 2. The third-order valence-electron chi connectivity index (χ3n) is 3.79. The van der Waals surface area contributed by atoms with Crippen LogP contribution in [0.15, 0.2) is 48.5 Å². The lowest BCUT2D eigenvalue weighted by Gasteiger charge is -2.10. The van der Waals surface area contributed by atoms with Gasteiger partial charge in [-0.1, -0.05) is 24.3 Å². The van der Waals surface area contributed by atoms with Crippen molar-refractivity contribution in [2.75, 3.05) is 6.61 Å². The molecular formula is C18H18N4O3. The van der Waals surface area contributed by atoms with Gasteiger partial charge in [0.25, 0.3) is 11.8 Å². The van der Waals surface area contributed by atoms with E-state index in [9.17, 15) is 9.59 Å². The van der Waals surface area contributed by atoms with E-state index in [0.29, 0.717) is 11.3 Å². The molecule has 0 saturated carbocycles. The Labute approximate surface area is 144 Å². The number of nitrogens with zero attached hydrogens (tertiary/aromatic N) is 2. The molecule has 0 aliphatic carbocycles. The smallest absolute Gasteiger partial charge is 0.255 e. The lowest BCUT2D eigenvalue weighted by atomic mass is 10.2. The topological polar surface area (TPSA) is 99.2 Å². The van der Waals surface area contributed by atoms with E-state index in [-0.39, 0.29) is 19.1 Å². The maximum absolute atomic E-state index is 12.5. The maximum atomic E-state index is 12.5. The Morgan fingerprint density at radius 3 is 2.64 bits per heavy atom. The second kappa shape index (κ2) is 7.04. The highest BCUT2D eigenvalue weighted by molar-refractivity contribution is 5.97. The number of benzene rings is 2. The minimum atomic E-state index is -0.602. The molecule has 0 bridgehead atoms. The lowest BCUT2D eigenvalue weighted by molar-refractivity contribution is -0.119. The summed E-state index contributed by atoms with van der Waals surface area (Å²) in [6.45, 7) is -0.0107. The second-order valence-corrected chi connectivity index (χ2v) is 5.51. The van der Waals surface area contributed by atoms with Crippen LogP contribution in [0.1, 0.15) is 16.2 Å². The maximum Gasteiger partial charge on any atom is 0.255 e. The third kappa shape index (κ3) is 3.60. The Balaban J connectivity index is 1.74. The Morgan fingerprint density at radius 1 is 1.16 bits per heavy atom. The highest BCUT2D eigenvalue weighted by Crippen LogP contribution is 2.18. The summed E-state index contributed by atoms with van der Waals surface area (Å²) < 4.78 is 7.22. The van der Waals surface area contributed by atoms with E-state index in [1.54, 1.807) is 24.3 Å². The van der Waals surface area contributed by atoms with Crippen LogP contribution >= 0.6 is 0 Å². The first-order chi connectivity index (χ1) is 12.1. The van der Waals surface area contributed by atoms with Crippen LogP contribution in [0, 0.1) is 0 Å². The molecule has 3 rings (SSSR count). The van der Waals surface area contributed by atoms with Gasteiger partial charge < -0.3 is 20.4 Å². The molecule has 7 nitrogen and oxygen atoms in total. The van der Waals surface area contributed by atoms with E-state index in [4.69, 9.17) is 10.5 Å². The summed E-state index contributed by atoms with van der Waals surface area (Å²) in [7, 11) is 1.90. The van der Waals surface area contributed by atoms with Crippen molar-refractivity contribution in [3.05, 3.63) is 59.9 Å². The van der Waals surface area contributed by atoms with E-state index in [1.165, 1.54) is 0 Å². The summed E-state index contributed by atoms with van der Waals surface area (Å²) in [6, 6.07) is 14.4. The number of fused-ring (bicyclic) bond motifs is 1. The van der Waals surface area contributed by atoms with Crippen molar-refractivity contribution in [3.63, 3.8) is 0 Å². The summed E-state index contributed by atoms with van der Waals surface area (Å²) in [4.78, 5) is 27.9. The fourth-order valence-electron chi connectivity index (χ4n) is 2.54. The van der Waals surface area contributed by atoms with Crippen molar-refractivity contribution in [1.29, 1.82) is 0 Å². The largest absolute Gasteiger partial charge is 0.483 e. The molecule has 128 valence electrons. The molecule has 0 unspecified atom stereocenters. The molecule has 2 amide bonds. The molecule has 0 saturated heterocycles. The number of aromatic nitrogens is 2. The molecular weight excluding hydrogens is 320 g/mol. The van der Waals surface area contributed by atoms with Crippen LogP contribution in [0.5, 0.6) is 5.75 Å². The number of amides is 2. The fourth-order valence-corrected chi connectivity index (χ4v) is 2.54. The minimum absolute atomic E-state index is 0.272. The number of hydrogen-bond donors (Lipinski definition) is 2. The van der Waals surface area contributed by atoms with Gasteiger partial charge in [-0.3, -0.25) is 9.59 Å². The van der Waals surface area contributed by atoms with Gasteiger partial charge in [0, 0.05) is 7.05 Å². The van der Waals surface area contributed by atoms with E-state index in [2.05, 4.69) is 10.3 Å². The zero-order valence-electron chi connectivity index (χ0n) is 13.7. The minimum Gasteiger partial charge on any atom is -0.483 e. The molecule has 1 aromatic heterocycles.